The normalized spacial score (nSPS) is 10.2. The summed E-state index contributed by atoms with van der Waals surface area (Å²) in [6.45, 7) is 1.80. The maximum absolute atomic E-state index is 12.5. The molecule has 104 valence electrons. The molecule has 20 heavy (non-hydrogen) atoms. The van der Waals surface area contributed by atoms with Crippen LogP contribution < -0.4 is 9.64 Å². The molecule has 0 aliphatic carbocycles. The number of pyridine rings is 1. The molecule has 1 heterocycles. The van der Waals surface area contributed by atoms with Gasteiger partial charge >= 0.3 is 0 Å². The largest absolute Gasteiger partial charge is 0.495 e. The van der Waals surface area contributed by atoms with Crippen molar-refractivity contribution in [2.24, 2.45) is 0 Å². The summed E-state index contributed by atoms with van der Waals surface area (Å²) >= 11 is 5.90. The predicted molar refractivity (Wildman–Crippen MR) is 79.7 cm³/mol. The van der Waals surface area contributed by atoms with Gasteiger partial charge < -0.3 is 9.64 Å². The Morgan fingerprint density at radius 1 is 1.30 bits per heavy atom. The smallest absolute Gasteiger partial charge is 0.258 e. The molecule has 0 N–H and O–H groups in total. The highest BCUT2D eigenvalue weighted by atomic mass is 35.5. The van der Waals surface area contributed by atoms with E-state index in [0.717, 1.165) is 0 Å². The zero-order chi connectivity index (χ0) is 14.7. The van der Waals surface area contributed by atoms with E-state index >= 15 is 0 Å². The average Bonchev–Trinajstić information content (AvgIpc) is 2.44. The number of benzene rings is 1. The summed E-state index contributed by atoms with van der Waals surface area (Å²) in [6.07, 6.45) is 0. The maximum atomic E-state index is 12.5. The minimum Gasteiger partial charge on any atom is -0.495 e. The van der Waals surface area contributed by atoms with Gasteiger partial charge in [-0.1, -0.05) is 23.7 Å². The number of aryl methyl sites for hydroxylation is 1. The molecule has 0 spiro atoms. The van der Waals surface area contributed by atoms with Gasteiger partial charge in [-0.2, -0.15) is 0 Å². The molecular weight excluding hydrogens is 276 g/mol. The van der Waals surface area contributed by atoms with Crippen molar-refractivity contribution in [1.82, 2.24) is 4.98 Å². The molecule has 5 heteroatoms. The van der Waals surface area contributed by atoms with Crippen molar-refractivity contribution >= 4 is 23.2 Å². The van der Waals surface area contributed by atoms with Crippen LogP contribution in [0.4, 0.5) is 5.69 Å². The Bertz CT molecular complexity index is 623. The first-order valence-electron chi connectivity index (χ1n) is 6.08. The summed E-state index contributed by atoms with van der Waals surface area (Å²) < 4.78 is 5.27. The number of carbonyl (C=O) groups excluding carboxylic acids is 1. The van der Waals surface area contributed by atoms with Crippen LogP contribution in [0, 0.1) is 6.92 Å². The Hall–Kier alpha value is -2.07. The van der Waals surface area contributed by atoms with Gasteiger partial charge in [0.15, 0.2) is 0 Å². The van der Waals surface area contributed by atoms with E-state index in [1.807, 2.05) is 24.3 Å². The SMILES string of the molecule is COc1ccccc1N(C)C(=O)c1cc(C)nc(Cl)c1. The second-order valence-corrected chi connectivity index (χ2v) is 4.74. The van der Waals surface area contributed by atoms with E-state index in [0.29, 0.717) is 27.8 Å². The topological polar surface area (TPSA) is 42.4 Å². The number of ether oxygens (including phenoxy) is 1. The van der Waals surface area contributed by atoms with Crippen LogP contribution in [0.1, 0.15) is 16.1 Å². The molecule has 0 radical (unpaired) electrons. The molecule has 0 aliphatic rings. The predicted octanol–water partition coefficient (Wildman–Crippen LogP) is 3.33. The van der Waals surface area contributed by atoms with Crippen molar-refractivity contribution < 1.29 is 9.53 Å². The third kappa shape index (κ3) is 2.91. The molecule has 0 saturated heterocycles. The van der Waals surface area contributed by atoms with Crippen LogP contribution in [-0.4, -0.2) is 25.0 Å². The number of para-hydroxylation sites is 2. The molecule has 0 bridgehead atoms. The van der Waals surface area contributed by atoms with Gasteiger partial charge in [0.1, 0.15) is 10.9 Å². The molecule has 0 aliphatic heterocycles. The number of methoxy groups -OCH3 is 1. The Labute approximate surface area is 123 Å². The van der Waals surface area contributed by atoms with Crippen molar-refractivity contribution in [2.75, 3.05) is 19.1 Å². The molecule has 1 aromatic heterocycles. The van der Waals surface area contributed by atoms with E-state index in [9.17, 15) is 4.79 Å². The fraction of sp³-hybridized carbons (Fsp3) is 0.200. The minimum atomic E-state index is -0.165. The highest BCUT2D eigenvalue weighted by Gasteiger charge is 2.17. The average molecular weight is 291 g/mol. The van der Waals surface area contributed by atoms with Crippen molar-refractivity contribution in [3.8, 4) is 5.75 Å². The lowest BCUT2D eigenvalue weighted by Crippen LogP contribution is -2.26. The number of aromatic nitrogens is 1. The summed E-state index contributed by atoms with van der Waals surface area (Å²) in [5.74, 6) is 0.474. The molecule has 2 aromatic rings. The first-order chi connectivity index (χ1) is 9.52. The molecule has 1 aromatic carbocycles. The van der Waals surface area contributed by atoms with Gasteiger partial charge in [-0.05, 0) is 31.2 Å². The van der Waals surface area contributed by atoms with Gasteiger partial charge in [0.2, 0.25) is 0 Å². The van der Waals surface area contributed by atoms with Gasteiger partial charge in [0.05, 0.1) is 12.8 Å². The van der Waals surface area contributed by atoms with E-state index in [2.05, 4.69) is 4.98 Å². The summed E-state index contributed by atoms with van der Waals surface area (Å²) in [6, 6.07) is 10.6. The number of nitrogens with zero attached hydrogens (tertiary/aromatic N) is 2. The highest BCUT2D eigenvalue weighted by Crippen LogP contribution is 2.28. The molecule has 0 fully saturated rings. The lowest BCUT2D eigenvalue weighted by atomic mass is 10.2. The van der Waals surface area contributed by atoms with Crippen LogP contribution in [0.5, 0.6) is 5.75 Å². The number of rotatable bonds is 3. The lowest BCUT2D eigenvalue weighted by Gasteiger charge is -2.20. The Kier molecular flexibility index (Phi) is 4.25. The van der Waals surface area contributed by atoms with E-state index in [1.54, 1.807) is 33.2 Å². The van der Waals surface area contributed by atoms with Crippen molar-refractivity contribution in [2.45, 2.75) is 6.92 Å². The standard InChI is InChI=1S/C15H15ClN2O2/c1-10-8-11(9-14(16)17-10)15(19)18(2)12-6-4-5-7-13(12)20-3/h4-9H,1-3H3. The van der Waals surface area contributed by atoms with Crippen LogP contribution in [0.2, 0.25) is 5.15 Å². The van der Waals surface area contributed by atoms with Gasteiger partial charge in [-0.3, -0.25) is 4.79 Å². The molecule has 1 amide bonds. The minimum absolute atomic E-state index is 0.165. The zero-order valence-electron chi connectivity index (χ0n) is 11.6. The van der Waals surface area contributed by atoms with Crippen molar-refractivity contribution in [3.05, 3.63) is 52.8 Å². The second kappa shape index (κ2) is 5.92. The first kappa shape index (κ1) is 14.3. The van der Waals surface area contributed by atoms with E-state index in [1.165, 1.54) is 4.90 Å². The third-order valence-corrected chi connectivity index (χ3v) is 3.11. The second-order valence-electron chi connectivity index (χ2n) is 4.36. The molecular formula is C15H15ClN2O2. The molecule has 0 atom stereocenters. The van der Waals surface area contributed by atoms with Gasteiger partial charge in [0, 0.05) is 18.3 Å². The first-order valence-corrected chi connectivity index (χ1v) is 6.46. The Morgan fingerprint density at radius 2 is 2.00 bits per heavy atom. The van der Waals surface area contributed by atoms with E-state index < -0.39 is 0 Å². The number of hydrogen-bond acceptors (Lipinski definition) is 3. The molecule has 0 saturated carbocycles. The fourth-order valence-electron chi connectivity index (χ4n) is 1.96. The fourth-order valence-corrected chi connectivity index (χ4v) is 2.21. The van der Waals surface area contributed by atoms with Crippen LogP contribution in [0.25, 0.3) is 0 Å². The van der Waals surface area contributed by atoms with Crippen molar-refractivity contribution in [3.63, 3.8) is 0 Å². The highest BCUT2D eigenvalue weighted by molar-refractivity contribution is 6.29. The summed E-state index contributed by atoms with van der Waals surface area (Å²) in [5.41, 5.74) is 1.90. The quantitative estimate of drug-likeness (QED) is 0.814. The van der Waals surface area contributed by atoms with Crippen LogP contribution in [0.15, 0.2) is 36.4 Å². The summed E-state index contributed by atoms with van der Waals surface area (Å²) in [7, 11) is 3.27. The number of hydrogen-bond donors (Lipinski definition) is 0. The number of carbonyl (C=O) groups is 1. The number of halogens is 1. The van der Waals surface area contributed by atoms with Gasteiger partial charge in [-0.15, -0.1) is 0 Å². The van der Waals surface area contributed by atoms with E-state index in [-0.39, 0.29) is 5.91 Å². The lowest BCUT2D eigenvalue weighted by molar-refractivity contribution is 0.0992. The van der Waals surface area contributed by atoms with Gasteiger partial charge in [0.25, 0.3) is 5.91 Å². The van der Waals surface area contributed by atoms with E-state index in [4.69, 9.17) is 16.3 Å². The maximum Gasteiger partial charge on any atom is 0.258 e. The summed E-state index contributed by atoms with van der Waals surface area (Å²) in [5, 5.41) is 0.307. The molecule has 2 rings (SSSR count). The summed E-state index contributed by atoms with van der Waals surface area (Å²) in [4.78, 5) is 18.1. The Balaban J connectivity index is 2.37. The molecule has 4 nitrogen and oxygen atoms in total. The van der Waals surface area contributed by atoms with Crippen LogP contribution in [0.3, 0.4) is 0 Å². The van der Waals surface area contributed by atoms with Gasteiger partial charge in [-0.25, -0.2) is 4.98 Å². The van der Waals surface area contributed by atoms with Crippen molar-refractivity contribution in [1.29, 1.82) is 0 Å². The van der Waals surface area contributed by atoms with Crippen LogP contribution >= 0.6 is 11.6 Å². The molecule has 0 unspecified atom stereocenters. The Morgan fingerprint density at radius 3 is 2.65 bits per heavy atom. The number of anilines is 1. The zero-order valence-corrected chi connectivity index (χ0v) is 12.3. The number of amides is 1. The monoisotopic (exact) mass is 290 g/mol. The third-order valence-electron chi connectivity index (χ3n) is 2.92. The van der Waals surface area contributed by atoms with Crippen LogP contribution in [-0.2, 0) is 0 Å².